The summed E-state index contributed by atoms with van der Waals surface area (Å²) >= 11 is 0. The van der Waals surface area contributed by atoms with Gasteiger partial charge in [0.25, 0.3) is 0 Å². The molecule has 2 N–H and O–H groups in total. The van der Waals surface area contributed by atoms with Crippen molar-refractivity contribution in [1.82, 2.24) is 30.2 Å². The summed E-state index contributed by atoms with van der Waals surface area (Å²) in [5, 5.41) is 10.5. The Bertz CT molecular complexity index is 1110. The maximum atomic E-state index is 13.3. The van der Waals surface area contributed by atoms with E-state index in [-0.39, 0.29) is 42.9 Å². The first kappa shape index (κ1) is 29.1. The van der Waals surface area contributed by atoms with E-state index in [0.29, 0.717) is 37.9 Å². The molecule has 1 aliphatic heterocycles. The fraction of sp³-hybridized carbons (Fsp3) is 0.593. The molecule has 0 radical (unpaired) electrons. The average Bonchev–Trinajstić information content (AvgIpc) is 3.32. The van der Waals surface area contributed by atoms with Gasteiger partial charge in [-0.2, -0.15) is 4.98 Å². The third-order valence-electron chi connectivity index (χ3n) is 6.92. The normalized spacial score (nSPS) is 14.0. The summed E-state index contributed by atoms with van der Waals surface area (Å²) in [6, 6.07) is 6.07. The van der Waals surface area contributed by atoms with Gasteiger partial charge >= 0.3 is 0 Å². The molecular formula is C27H41N7O4. The summed E-state index contributed by atoms with van der Waals surface area (Å²) in [6.45, 7) is 11.7. The molecule has 11 nitrogen and oxygen atoms in total. The second-order valence-electron chi connectivity index (χ2n) is 10.2. The number of carbonyl (C=O) groups is 3. The minimum absolute atomic E-state index is 0.00483. The van der Waals surface area contributed by atoms with Crippen LogP contribution in [0.25, 0.3) is 11.4 Å². The topological polar surface area (TPSA) is 124 Å². The van der Waals surface area contributed by atoms with Gasteiger partial charge in [-0.25, -0.2) is 0 Å². The first-order valence-electron chi connectivity index (χ1n) is 13.2. The highest BCUT2D eigenvalue weighted by Crippen LogP contribution is 2.23. The number of carbonyl (C=O) groups excluding carboxylic acids is 3. The molecule has 2 heterocycles. The molecule has 0 bridgehead atoms. The summed E-state index contributed by atoms with van der Waals surface area (Å²) in [7, 11) is 1.79. The van der Waals surface area contributed by atoms with Crippen molar-refractivity contribution in [2.45, 2.75) is 59.5 Å². The van der Waals surface area contributed by atoms with E-state index in [1.807, 2.05) is 43.9 Å². The molecular weight excluding hydrogens is 486 g/mol. The Morgan fingerprint density at radius 1 is 1.16 bits per heavy atom. The van der Waals surface area contributed by atoms with Gasteiger partial charge in [-0.1, -0.05) is 31.1 Å². The Balaban J connectivity index is 1.63. The van der Waals surface area contributed by atoms with Crippen LogP contribution in [-0.4, -0.2) is 101 Å². The highest BCUT2D eigenvalue weighted by Gasteiger charge is 2.28. The lowest BCUT2D eigenvalue weighted by atomic mass is 10.0. The molecule has 2 aromatic rings. The maximum absolute atomic E-state index is 13.3. The minimum Gasteiger partial charge on any atom is -0.376 e. The molecule has 0 spiro atoms. The number of aromatic nitrogens is 2. The van der Waals surface area contributed by atoms with Gasteiger partial charge in [-0.3, -0.25) is 14.4 Å². The van der Waals surface area contributed by atoms with Gasteiger partial charge in [0.1, 0.15) is 0 Å². The van der Waals surface area contributed by atoms with E-state index in [1.54, 1.807) is 30.7 Å². The molecule has 1 aliphatic rings. The highest BCUT2D eigenvalue weighted by atomic mass is 16.5. The number of piperidine rings is 1. The number of likely N-dealkylation sites (tertiary alicyclic amines) is 1. The lowest BCUT2D eigenvalue weighted by Crippen LogP contribution is -2.51. The number of benzene rings is 1. The summed E-state index contributed by atoms with van der Waals surface area (Å²) < 4.78 is 5.09. The Labute approximate surface area is 224 Å². The molecule has 0 atom stereocenters. The molecule has 1 aromatic heterocycles. The van der Waals surface area contributed by atoms with Crippen LogP contribution in [-0.2, 0) is 14.4 Å². The molecule has 0 saturated carbocycles. The third-order valence-corrected chi connectivity index (χ3v) is 6.92. The van der Waals surface area contributed by atoms with Crippen molar-refractivity contribution in [3.8, 4) is 11.4 Å². The van der Waals surface area contributed by atoms with Crippen LogP contribution in [0.2, 0.25) is 0 Å². The SMILES string of the molecule is CC(=O)N1CCC(N(C)C(=O)CN(CCNC(C)C)C(=O)CNc2cc(-c3noc(C)n3)ccc2C)CC1. The van der Waals surface area contributed by atoms with Gasteiger partial charge in [0.05, 0.1) is 13.1 Å². The number of nitrogens with one attached hydrogen (secondary N) is 2. The number of rotatable bonds is 11. The van der Waals surface area contributed by atoms with Crippen LogP contribution in [0.3, 0.4) is 0 Å². The first-order valence-corrected chi connectivity index (χ1v) is 13.2. The second kappa shape index (κ2) is 13.4. The van der Waals surface area contributed by atoms with Gasteiger partial charge in [-0.05, 0) is 31.4 Å². The molecule has 0 aliphatic carbocycles. The smallest absolute Gasteiger partial charge is 0.242 e. The predicted molar refractivity (Wildman–Crippen MR) is 145 cm³/mol. The molecule has 1 aromatic carbocycles. The van der Waals surface area contributed by atoms with Gasteiger partial charge in [0.2, 0.25) is 29.4 Å². The second-order valence-corrected chi connectivity index (χ2v) is 10.2. The van der Waals surface area contributed by atoms with Gasteiger partial charge in [0, 0.05) is 70.4 Å². The molecule has 38 heavy (non-hydrogen) atoms. The van der Waals surface area contributed by atoms with Crippen molar-refractivity contribution in [2.75, 3.05) is 51.6 Å². The number of amides is 3. The van der Waals surface area contributed by atoms with Crippen molar-refractivity contribution >= 4 is 23.4 Å². The number of hydrogen-bond acceptors (Lipinski definition) is 8. The van der Waals surface area contributed by atoms with Crippen LogP contribution in [0.15, 0.2) is 22.7 Å². The van der Waals surface area contributed by atoms with Gasteiger partial charge < -0.3 is 29.9 Å². The fourth-order valence-corrected chi connectivity index (χ4v) is 4.48. The van der Waals surface area contributed by atoms with Gasteiger partial charge in [-0.15, -0.1) is 0 Å². The Hall–Kier alpha value is -3.47. The molecule has 208 valence electrons. The van der Waals surface area contributed by atoms with E-state index in [2.05, 4.69) is 20.8 Å². The van der Waals surface area contributed by atoms with Crippen molar-refractivity contribution in [3.63, 3.8) is 0 Å². The van der Waals surface area contributed by atoms with E-state index in [1.165, 1.54) is 0 Å². The summed E-state index contributed by atoms with van der Waals surface area (Å²) in [6.07, 6.45) is 1.48. The van der Waals surface area contributed by atoms with Crippen molar-refractivity contribution < 1.29 is 18.9 Å². The zero-order chi connectivity index (χ0) is 27.8. The van der Waals surface area contributed by atoms with Crippen LogP contribution >= 0.6 is 0 Å². The molecule has 0 unspecified atom stereocenters. The quantitative estimate of drug-likeness (QED) is 0.455. The number of hydrogen-bond donors (Lipinski definition) is 2. The van der Waals surface area contributed by atoms with E-state index in [0.717, 1.165) is 29.7 Å². The lowest BCUT2D eigenvalue weighted by Gasteiger charge is -2.37. The standard InChI is InChI=1S/C27H41N7O4/c1-18(2)28-11-14-34(17-26(37)32(6)23-9-12-33(13-10-23)21(5)35)25(36)16-29-24-15-22(8-7-19(24)3)27-30-20(4)38-31-27/h7-8,15,18,23,28-29H,9-14,16-17H2,1-6H3. The van der Waals surface area contributed by atoms with E-state index < -0.39 is 0 Å². The van der Waals surface area contributed by atoms with E-state index in [9.17, 15) is 14.4 Å². The summed E-state index contributed by atoms with van der Waals surface area (Å²) in [4.78, 5) is 47.5. The predicted octanol–water partition coefficient (Wildman–Crippen LogP) is 2.06. The zero-order valence-corrected chi connectivity index (χ0v) is 23.4. The Morgan fingerprint density at radius 3 is 2.47 bits per heavy atom. The monoisotopic (exact) mass is 527 g/mol. The molecule has 11 heteroatoms. The van der Waals surface area contributed by atoms with Crippen LogP contribution in [0, 0.1) is 13.8 Å². The zero-order valence-electron chi connectivity index (χ0n) is 23.4. The number of aryl methyl sites for hydroxylation is 2. The highest BCUT2D eigenvalue weighted by molar-refractivity contribution is 5.87. The maximum Gasteiger partial charge on any atom is 0.242 e. The van der Waals surface area contributed by atoms with Crippen molar-refractivity contribution in [2.24, 2.45) is 0 Å². The average molecular weight is 528 g/mol. The summed E-state index contributed by atoms with van der Waals surface area (Å²) in [5.74, 6) is 0.766. The molecule has 1 fully saturated rings. The Morgan fingerprint density at radius 2 is 1.87 bits per heavy atom. The third kappa shape index (κ3) is 8.01. The molecule has 3 amide bonds. The van der Waals surface area contributed by atoms with Crippen LogP contribution in [0.4, 0.5) is 5.69 Å². The van der Waals surface area contributed by atoms with E-state index in [4.69, 9.17) is 4.52 Å². The van der Waals surface area contributed by atoms with Crippen molar-refractivity contribution in [1.29, 1.82) is 0 Å². The molecule has 1 saturated heterocycles. The van der Waals surface area contributed by atoms with Gasteiger partial charge in [0.15, 0.2) is 0 Å². The fourth-order valence-electron chi connectivity index (χ4n) is 4.48. The largest absolute Gasteiger partial charge is 0.376 e. The Kier molecular flexibility index (Phi) is 10.2. The number of anilines is 1. The van der Waals surface area contributed by atoms with Crippen LogP contribution in [0.5, 0.6) is 0 Å². The number of nitrogens with zero attached hydrogens (tertiary/aromatic N) is 5. The van der Waals surface area contributed by atoms with Crippen LogP contribution < -0.4 is 10.6 Å². The first-order chi connectivity index (χ1) is 18.0. The van der Waals surface area contributed by atoms with E-state index >= 15 is 0 Å². The minimum atomic E-state index is -0.163. The summed E-state index contributed by atoms with van der Waals surface area (Å²) in [5.41, 5.74) is 2.55. The van der Waals surface area contributed by atoms with Crippen LogP contribution in [0.1, 0.15) is 45.1 Å². The molecule has 3 rings (SSSR count). The van der Waals surface area contributed by atoms with Crippen molar-refractivity contribution in [3.05, 3.63) is 29.7 Å². The lowest BCUT2D eigenvalue weighted by molar-refractivity contribution is -0.141. The number of likely N-dealkylation sites (N-methyl/N-ethyl adjacent to an activating group) is 1.